The van der Waals surface area contributed by atoms with Crippen LogP contribution in [0.3, 0.4) is 0 Å². The monoisotopic (exact) mass is 333 g/mol. The Kier molecular flexibility index (Phi) is 4.29. The Balaban J connectivity index is 1.28. The van der Waals surface area contributed by atoms with Crippen LogP contribution in [0.25, 0.3) is 0 Å². The predicted octanol–water partition coefficient (Wildman–Crippen LogP) is 3.08. The first-order valence-corrected chi connectivity index (χ1v) is 8.47. The molecule has 3 aromatic rings. The van der Waals surface area contributed by atoms with Crippen LogP contribution in [0.15, 0.2) is 65.2 Å². The summed E-state index contributed by atoms with van der Waals surface area (Å²) in [7, 11) is 0. The molecule has 1 fully saturated rings. The van der Waals surface area contributed by atoms with Crippen molar-refractivity contribution in [2.24, 2.45) is 5.92 Å². The number of carbonyl (C=O) groups excluding carboxylic acids is 1. The molecule has 1 saturated carbocycles. The number of benzene rings is 2. The van der Waals surface area contributed by atoms with Gasteiger partial charge in [0.1, 0.15) is 0 Å². The molecular formula is C20H19N3O2. The smallest absolute Gasteiger partial charge is 0.231 e. The molecule has 0 spiro atoms. The molecule has 2 aromatic carbocycles. The second-order valence-electron chi connectivity index (χ2n) is 6.34. The van der Waals surface area contributed by atoms with E-state index in [1.54, 1.807) is 0 Å². The first-order valence-electron chi connectivity index (χ1n) is 8.47. The van der Waals surface area contributed by atoms with Crippen LogP contribution in [-0.4, -0.2) is 16.0 Å². The Labute approximate surface area is 146 Å². The van der Waals surface area contributed by atoms with Crippen LogP contribution in [0.4, 0.5) is 0 Å². The van der Waals surface area contributed by atoms with Gasteiger partial charge in [-0.2, -0.15) is 4.98 Å². The van der Waals surface area contributed by atoms with E-state index >= 15 is 0 Å². The lowest BCUT2D eigenvalue weighted by Gasteiger charge is -2.02. The summed E-state index contributed by atoms with van der Waals surface area (Å²) < 4.78 is 5.26. The van der Waals surface area contributed by atoms with Crippen LogP contribution in [0, 0.1) is 5.92 Å². The van der Waals surface area contributed by atoms with Gasteiger partial charge < -0.3 is 9.84 Å². The molecule has 1 amide bonds. The average molecular weight is 333 g/mol. The fourth-order valence-corrected chi connectivity index (χ4v) is 3.05. The van der Waals surface area contributed by atoms with Crippen LogP contribution in [-0.2, 0) is 17.8 Å². The predicted molar refractivity (Wildman–Crippen MR) is 92.7 cm³/mol. The van der Waals surface area contributed by atoms with E-state index in [-0.39, 0.29) is 11.8 Å². The number of nitrogens with one attached hydrogen (secondary N) is 1. The molecular weight excluding hydrogens is 314 g/mol. The van der Waals surface area contributed by atoms with Crippen LogP contribution in [0.1, 0.15) is 35.2 Å². The zero-order valence-electron chi connectivity index (χ0n) is 13.8. The quantitative estimate of drug-likeness (QED) is 0.753. The van der Waals surface area contributed by atoms with Gasteiger partial charge in [0, 0.05) is 5.92 Å². The number of rotatable bonds is 6. The maximum absolute atomic E-state index is 12.3. The van der Waals surface area contributed by atoms with Gasteiger partial charge in [-0.15, -0.1) is 0 Å². The first-order chi connectivity index (χ1) is 12.3. The summed E-state index contributed by atoms with van der Waals surface area (Å²) >= 11 is 0. The lowest BCUT2D eigenvalue weighted by atomic mass is 10.1. The number of aromatic nitrogens is 2. The maximum Gasteiger partial charge on any atom is 0.231 e. The molecule has 5 heteroatoms. The van der Waals surface area contributed by atoms with Crippen molar-refractivity contribution in [3.63, 3.8) is 0 Å². The number of amides is 1. The molecule has 0 bridgehead atoms. The molecule has 0 aliphatic heterocycles. The van der Waals surface area contributed by atoms with E-state index in [0.29, 0.717) is 30.6 Å². The molecule has 0 radical (unpaired) electrons. The van der Waals surface area contributed by atoms with E-state index in [1.807, 2.05) is 48.5 Å². The van der Waals surface area contributed by atoms with Gasteiger partial charge in [-0.1, -0.05) is 65.8 Å². The summed E-state index contributed by atoms with van der Waals surface area (Å²) in [4.78, 5) is 16.6. The Morgan fingerprint density at radius 2 is 1.80 bits per heavy atom. The molecule has 5 nitrogen and oxygen atoms in total. The second-order valence-corrected chi connectivity index (χ2v) is 6.34. The zero-order valence-corrected chi connectivity index (χ0v) is 13.8. The third kappa shape index (κ3) is 3.76. The van der Waals surface area contributed by atoms with E-state index in [0.717, 1.165) is 12.0 Å². The molecule has 1 N–H and O–H groups in total. The SMILES string of the molecule is O=C(NCc1noc(Cc2ccccc2)n1)C1CC1c1ccccc1. The summed E-state index contributed by atoms with van der Waals surface area (Å²) in [6.45, 7) is 0.301. The zero-order chi connectivity index (χ0) is 17.1. The van der Waals surface area contributed by atoms with Crippen molar-refractivity contribution < 1.29 is 9.32 Å². The molecule has 2 atom stereocenters. The number of nitrogens with zero attached hydrogens (tertiary/aromatic N) is 2. The number of hydrogen-bond donors (Lipinski definition) is 1. The molecule has 25 heavy (non-hydrogen) atoms. The third-order valence-electron chi connectivity index (χ3n) is 4.48. The van der Waals surface area contributed by atoms with Gasteiger partial charge in [-0.05, 0) is 23.5 Å². The molecule has 2 unspecified atom stereocenters. The molecule has 1 aliphatic carbocycles. The lowest BCUT2D eigenvalue weighted by Crippen LogP contribution is -2.25. The fraction of sp³-hybridized carbons (Fsp3) is 0.250. The lowest BCUT2D eigenvalue weighted by molar-refractivity contribution is -0.122. The molecule has 126 valence electrons. The Morgan fingerprint density at radius 3 is 2.56 bits per heavy atom. The normalized spacial score (nSPS) is 18.7. The van der Waals surface area contributed by atoms with Crippen molar-refractivity contribution in [3.8, 4) is 0 Å². The summed E-state index contributed by atoms with van der Waals surface area (Å²) in [5, 5.41) is 6.85. The van der Waals surface area contributed by atoms with Gasteiger partial charge in [0.25, 0.3) is 0 Å². The standard InChI is InChI=1S/C20H19N3O2/c24-20(17-12-16(17)15-9-5-2-6-10-15)21-13-18-22-19(25-23-18)11-14-7-3-1-4-8-14/h1-10,16-17H,11-13H2,(H,21,24). The van der Waals surface area contributed by atoms with Gasteiger partial charge in [0.2, 0.25) is 11.8 Å². The highest BCUT2D eigenvalue weighted by molar-refractivity contribution is 5.82. The molecule has 1 heterocycles. The molecule has 4 rings (SSSR count). The van der Waals surface area contributed by atoms with Gasteiger partial charge in [0.05, 0.1) is 13.0 Å². The number of carbonyl (C=O) groups is 1. The maximum atomic E-state index is 12.3. The minimum atomic E-state index is 0.0538. The molecule has 1 aliphatic rings. The van der Waals surface area contributed by atoms with Crippen LogP contribution >= 0.6 is 0 Å². The topological polar surface area (TPSA) is 68.0 Å². The summed E-state index contributed by atoms with van der Waals surface area (Å²) in [5.74, 6) is 1.52. The minimum absolute atomic E-state index is 0.0538. The Bertz CT molecular complexity index is 846. The highest BCUT2D eigenvalue weighted by Crippen LogP contribution is 2.47. The van der Waals surface area contributed by atoms with E-state index in [2.05, 4.69) is 27.6 Å². The van der Waals surface area contributed by atoms with Crippen molar-refractivity contribution >= 4 is 5.91 Å². The van der Waals surface area contributed by atoms with Crippen LogP contribution in [0.5, 0.6) is 0 Å². The van der Waals surface area contributed by atoms with E-state index in [9.17, 15) is 4.79 Å². The van der Waals surface area contributed by atoms with Crippen molar-refractivity contribution in [3.05, 3.63) is 83.5 Å². The Hall–Kier alpha value is -2.95. The highest BCUT2D eigenvalue weighted by Gasteiger charge is 2.43. The van der Waals surface area contributed by atoms with Gasteiger partial charge in [0.15, 0.2) is 5.82 Å². The minimum Gasteiger partial charge on any atom is -0.348 e. The summed E-state index contributed by atoms with van der Waals surface area (Å²) in [5.41, 5.74) is 2.35. The average Bonchev–Trinajstić information content (AvgIpc) is 3.35. The van der Waals surface area contributed by atoms with Gasteiger partial charge in [-0.25, -0.2) is 0 Å². The number of hydrogen-bond acceptors (Lipinski definition) is 4. The largest absolute Gasteiger partial charge is 0.348 e. The summed E-state index contributed by atoms with van der Waals surface area (Å²) in [6.07, 6.45) is 1.50. The van der Waals surface area contributed by atoms with E-state index in [1.165, 1.54) is 5.56 Å². The van der Waals surface area contributed by atoms with Gasteiger partial charge in [-0.3, -0.25) is 4.79 Å². The Morgan fingerprint density at radius 1 is 1.08 bits per heavy atom. The van der Waals surface area contributed by atoms with Crippen molar-refractivity contribution in [2.75, 3.05) is 0 Å². The van der Waals surface area contributed by atoms with E-state index in [4.69, 9.17) is 4.52 Å². The van der Waals surface area contributed by atoms with E-state index < -0.39 is 0 Å². The molecule has 0 saturated heterocycles. The fourth-order valence-electron chi connectivity index (χ4n) is 3.05. The second kappa shape index (κ2) is 6.89. The van der Waals surface area contributed by atoms with Gasteiger partial charge >= 0.3 is 0 Å². The third-order valence-corrected chi connectivity index (χ3v) is 4.48. The van der Waals surface area contributed by atoms with Crippen molar-refractivity contribution in [1.82, 2.24) is 15.5 Å². The first kappa shape index (κ1) is 15.6. The van der Waals surface area contributed by atoms with Crippen molar-refractivity contribution in [1.29, 1.82) is 0 Å². The van der Waals surface area contributed by atoms with Crippen molar-refractivity contribution in [2.45, 2.75) is 25.3 Å². The highest BCUT2D eigenvalue weighted by atomic mass is 16.5. The molecule has 1 aromatic heterocycles. The summed E-state index contributed by atoms with van der Waals surface area (Å²) in [6, 6.07) is 20.1. The van der Waals surface area contributed by atoms with Crippen LogP contribution < -0.4 is 5.32 Å². The van der Waals surface area contributed by atoms with Crippen LogP contribution in [0.2, 0.25) is 0 Å².